The molecule has 1 aromatic heterocycles. The van der Waals surface area contributed by atoms with Crippen molar-refractivity contribution in [2.45, 2.75) is 24.7 Å². The molecule has 0 atom stereocenters. The molecule has 1 aromatic rings. The third kappa shape index (κ3) is 2.97. The van der Waals surface area contributed by atoms with Gasteiger partial charge in [-0.2, -0.15) is 0 Å². The van der Waals surface area contributed by atoms with Crippen molar-refractivity contribution in [1.82, 2.24) is 4.98 Å². The van der Waals surface area contributed by atoms with Crippen molar-refractivity contribution in [3.05, 3.63) is 21.9 Å². The van der Waals surface area contributed by atoms with Crippen LogP contribution in [0.1, 0.15) is 25.5 Å². The molecule has 0 aliphatic carbocycles. The molecular formula is C8H8Cl3NO2S. The number of halogens is 3. The highest BCUT2D eigenvalue weighted by atomic mass is 35.7. The molecule has 84 valence electrons. The van der Waals surface area contributed by atoms with Crippen LogP contribution in [0.25, 0.3) is 0 Å². The molecule has 0 aliphatic rings. The Morgan fingerprint density at radius 1 is 1.33 bits per heavy atom. The van der Waals surface area contributed by atoms with E-state index in [-0.39, 0.29) is 21.0 Å². The molecule has 1 heterocycles. The average Bonchev–Trinajstić information content (AvgIpc) is 2.06. The lowest BCUT2D eigenvalue weighted by atomic mass is 10.1. The molecule has 0 fully saturated rings. The number of nitrogens with zero attached hydrogens (tertiary/aromatic N) is 1. The van der Waals surface area contributed by atoms with Crippen LogP contribution in [-0.4, -0.2) is 13.4 Å². The Morgan fingerprint density at radius 2 is 1.87 bits per heavy atom. The zero-order valence-electron chi connectivity index (χ0n) is 7.96. The lowest BCUT2D eigenvalue weighted by molar-refractivity contribution is 0.606. The molecule has 0 aliphatic heterocycles. The second kappa shape index (κ2) is 4.45. The third-order valence-electron chi connectivity index (χ3n) is 1.74. The van der Waals surface area contributed by atoms with Gasteiger partial charge in [0.15, 0.2) is 0 Å². The SMILES string of the molecule is CC(C)c1nc(Cl)c(Cl)cc1S(=O)(=O)Cl. The van der Waals surface area contributed by atoms with Crippen LogP contribution in [0.4, 0.5) is 0 Å². The Hall–Kier alpha value is -0.0300. The molecule has 0 amide bonds. The van der Waals surface area contributed by atoms with E-state index >= 15 is 0 Å². The first kappa shape index (κ1) is 13.0. The number of hydrogen-bond acceptors (Lipinski definition) is 3. The third-order valence-corrected chi connectivity index (χ3v) is 3.76. The van der Waals surface area contributed by atoms with E-state index in [1.54, 1.807) is 13.8 Å². The summed E-state index contributed by atoms with van der Waals surface area (Å²) in [4.78, 5) is 3.82. The minimum Gasteiger partial charge on any atom is -0.238 e. The normalized spacial score (nSPS) is 12.1. The number of rotatable bonds is 2. The number of aromatic nitrogens is 1. The molecule has 0 radical (unpaired) electrons. The van der Waals surface area contributed by atoms with Crippen molar-refractivity contribution in [2.24, 2.45) is 0 Å². The summed E-state index contributed by atoms with van der Waals surface area (Å²) in [5.41, 5.74) is 0.319. The number of pyridine rings is 1. The van der Waals surface area contributed by atoms with Crippen molar-refractivity contribution in [2.75, 3.05) is 0 Å². The Bertz CT molecular complexity index is 485. The topological polar surface area (TPSA) is 47.0 Å². The van der Waals surface area contributed by atoms with E-state index in [1.165, 1.54) is 6.07 Å². The molecule has 0 saturated carbocycles. The smallest absolute Gasteiger partial charge is 0.238 e. The predicted molar refractivity (Wildman–Crippen MR) is 61.4 cm³/mol. The van der Waals surface area contributed by atoms with Gasteiger partial charge in [0.25, 0.3) is 9.05 Å². The van der Waals surface area contributed by atoms with Crippen molar-refractivity contribution in [3.63, 3.8) is 0 Å². The molecule has 0 N–H and O–H groups in total. The second-order valence-corrected chi connectivity index (χ2v) is 6.54. The summed E-state index contributed by atoms with van der Waals surface area (Å²) in [5.74, 6) is -0.108. The maximum Gasteiger partial charge on any atom is 0.263 e. The van der Waals surface area contributed by atoms with Gasteiger partial charge in [0.1, 0.15) is 10.0 Å². The summed E-state index contributed by atoms with van der Waals surface area (Å²) in [6, 6.07) is 1.22. The summed E-state index contributed by atoms with van der Waals surface area (Å²) < 4.78 is 22.5. The highest BCUT2D eigenvalue weighted by molar-refractivity contribution is 8.13. The average molecular weight is 289 g/mol. The van der Waals surface area contributed by atoms with Crippen molar-refractivity contribution in [3.8, 4) is 0 Å². The summed E-state index contributed by atoms with van der Waals surface area (Å²) in [5, 5.41) is 0.143. The van der Waals surface area contributed by atoms with Crippen LogP contribution >= 0.6 is 33.9 Å². The van der Waals surface area contributed by atoms with Gasteiger partial charge < -0.3 is 0 Å². The van der Waals surface area contributed by atoms with Gasteiger partial charge in [-0.15, -0.1) is 0 Å². The molecule has 0 spiro atoms. The molecule has 3 nitrogen and oxygen atoms in total. The van der Waals surface area contributed by atoms with Gasteiger partial charge in [-0.05, 0) is 12.0 Å². The second-order valence-electron chi connectivity index (χ2n) is 3.24. The van der Waals surface area contributed by atoms with Crippen LogP contribution in [0, 0.1) is 0 Å². The largest absolute Gasteiger partial charge is 0.263 e. The lowest BCUT2D eigenvalue weighted by Gasteiger charge is -2.10. The van der Waals surface area contributed by atoms with Gasteiger partial charge in [-0.1, -0.05) is 37.0 Å². The van der Waals surface area contributed by atoms with Crippen LogP contribution in [0.5, 0.6) is 0 Å². The summed E-state index contributed by atoms with van der Waals surface area (Å²) in [6.45, 7) is 3.58. The highest BCUT2D eigenvalue weighted by Gasteiger charge is 2.21. The zero-order chi connectivity index (χ0) is 11.8. The molecular weight excluding hydrogens is 281 g/mol. The zero-order valence-corrected chi connectivity index (χ0v) is 11.0. The van der Waals surface area contributed by atoms with Gasteiger partial charge in [-0.3, -0.25) is 0 Å². The van der Waals surface area contributed by atoms with E-state index in [0.29, 0.717) is 5.69 Å². The first-order valence-electron chi connectivity index (χ1n) is 4.04. The molecule has 7 heteroatoms. The Labute approximate surface area is 103 Å². The molecule has 15 heavy (non-hydrogen) atoms. The maximum absolute atomic E-state index is 11.2. The quantitative estimate of drug-likeness (QED) is 0.618. The van der Waals surface area contributed by atoms with Gasteiger partial charge in [0.2, 0.25) is 0 Å². The summed E-state index contributed by atoms with van der Waals surface area (Å²) in [6.07, 6.45) is 0. The molecule has 0 unspecified atom stereocenters. The first-order chi connectivity index (χ1) is 6.73. The fourth-order valence-electron chi connectivity index (χ4n) is 1.07. The van der Waals surface area contributed by atoms with Crippen molar-refractivity contribution < 1.29 is 8.42 Å². The fraction of sp³-hybridized carbons (Fsp3) is 0.375. The Morgan fingerprint density at radius 3 is 2.27 bits per heavy atom. The molecule has 0 aromatic carbocycles. The van der Waals surface area contributed by atoms with E-state index < -0.39 is 9.05 Å². The van der Waals surface area contributed by atoms with Crippen LogP contribution in [0.15, 0.2) is 11.0 Å². The predicted octanol–water partition coefficient (Wildman–Crippen LogP) is 3.44. The van der Waals surface area contributed by atoms with E-state index in [2.05, 4.69) is 4.98 Å². The standard InChI is InChI=1S/C8H8Cl3NO2S/c1-4(2)7-6(15(11,13)14)3-5(9)8(10)12-7/h3-4H,1-2H3. The Kier molecular flexibility index (Phi) is 3.87. The van der Waals surface area contributed by atoms with Gasteiger partial charge >= 0.3 is 0 Å². The van der Waals surface area contributed by atoms with E-state index in [9.17, 15) is 8.42 Å². The summed E-state index contributed by atoms with van der Waals surface area (Å²) >= 11 is 11.4. The van der Waals surface area contributed by atoms with Crippen molar-refractivity contribution in [1.29, 1.82) is 0 Å². The molecule has 0 saturated heterocycles. The van der Waals surface area contributed by atoms with Crippen LogP contribution in [0.2, 0.25) is 10.2 Å². The minimum absolute atomic E-state index is 0.0697. The van der Waals surface area contributed by atoms with Crippen LogP contribution in [-0.2, 0) is 9.05 Å². The first-order valence-corrected chi connectivity index (χ1v) is 7.10. The minimum atomic E-state index is -3.85. The monoisotopic (exact) mass is 287 g/mol. The maximum atomic E-state index is 11.2. The fourth-order valence-corrected chi connectivity index (χ4v) is 2.59. The Balaban J connectivity index is 3.56. The van der Waals surface area contributed by atoms with E-state index in [0.717, 1.165) is 0 Å². The van der Waals surface area contributed by atoms with Gasteiger partial charge in [-0.25, -0.2) is 13.4 Å². The van der Waals surface area contributed by atoms with Gasteiger partial charge in [0.05, 0.1) is 10.7 Å². The van der Waals surface area contributed by atoms with Crippen LogP contribution < -0.4 is 0 Å². The molecule has 1 rings (SSSR count). The number of hydrogen-bond donors (Lipinski definition) is 0. The molecule has 0 bridgehead atoms. The van der Waals surface area contributed by atoms with E-state index in [1.807, 2.05) is 0 Å². The van der Waals surface area contributed by atoms with Crippen LogP contribution in [0.3, 0.4) is 0 Å². The van der Waals surface area contributed by atoms with Crippen molar-refractivity contribution >= 4 is 42.9 Å². The lowest BCUT2D eigenvalue weighted by Crippen LogP contribution is -2.03. The summed E-state index contributed by atoms with van der Waals surface area (Å²) in [7, 11) is 1.41. The van der Waals surface area contributed by atoms with E-state index in [4.69, 9.17) is 33.9 Å². The highest BCUT2D eigenvalue weighted by Crippen LogP contribution is 2.31. The van der Waals surface area contributed by atoms with Gasteiger partial charge in [0, 0.05) is 10.7 Å².